The molecule has 0 bridgehead atoms. The summed E-state index contributed by atoms with van der Waals surface area (Å²) < 4.78 is 5.85. The predicted molar refractivity (Wildman–Crippen MR) is 83.9 cm³/mol. The van der Waals surface area contributed by atoms with E-state index in [0.29, 0.717) is 12.5 Å². The second-order valence-corrected chi connectivity index (χ2v) is 6.64. The maximum Gasteiger partial charge on any atom is 0.226 e. The molecule has 2 aliphatic rings. The van der Waals surface area contributed by atoms with Crippen molar-refractivity contribution < 1.29 is 9.53 Å². The Kier molecular flexibility index (Phi) is 3.78. The number of thioether (sulfide) groups is 1. The molecule has 0 spiro atoms. The average molecular weight is 292 g/mol. The Labute approximate surface area is 123 Å². The summed E-state index contributed by atoms with van der Waals surface area (Å²) in [5.74, 6) is 2.98. The molecular weight excluding hydrogens is 272 g/mol. The zero-order valence-corrected chi connectivity index (χ0v) is 12.7. The molecule has 1 fully saturated rings. The van der Waals surface area contributed by atoms with Crippen LogP contribution in [0.4, 0.5) is 11.4 Å². The summed E-state index contributed by atoms with van der Waals surface area (Å²) in [5, 5.41) is 3.04. The van der Waals surface area contributed by atoms with Gasteiger partial charge >= 0.3 is 0 Å². The number of benzene rings is 1. The highest BCUT2D eigenvalue weighted by Gasteiger charge is 2.31. The highest BCUT2D eigenvalue weighted by atomic mass is 32.2. The number of nitrogens with one attached hydrogen (secondary N) is 1. The standard InChI is InChI=1S/C15H20N2O2S/c1-10(2)19-13-5-3-4-12-15(13)16-14(18)8-11-9-20-7-6-17(11)12/h3-5,10-11H,6-9H2,1-2H3,(H,16,18). The largest absolute Gasteiger partial charge is 0.489 e. The molecule has 1 atom stereocenters. The molecule has 0 aromatic heterocycles. The molecule has 1 unspecified atom stereocenters. The quantitative estimate of drug-likeness (QED) is 0.910. The lowest BCUT2D eigenvalue weighted by Crippen LogP contribution is -2.42. The lowest BCUT2D eigenvalue weighted by atomic mass is 10.1. The van der Waals surface area contributed by atoms with Gasteiger partial charge in [0, 0.05) is 30.5 Å². The molecule has 20 heavy (non-hydrogen) atoms. The van der Waals surface area contributed by atoms with Gasteiger partial charge in [-0.2, -0.15) is 11.8 Å². The molecule has 1 aromatic carbocycles. The summed E-state index contributed by atoms with van der Waals surface area (Å²) >= 11 is 1.93. The third-order valence-corrected chi connectivity index (χ3v) is 4.68. The van der Waals surface area contributed by atoms with Crippen LogP contribution in [0.15, 0.2) is 18.2 Å². The van der Waals surface area contributed by atoms with E-state index in [-0.39, 0.29) is 12.0 Å². The number of hydrogen-bond donors (Lipinski definition) is 1. The van der Waals surface area contributed by atoms with Crippen molar-refractivity contribution in [2.75, 3.05) is 28.3 Å². The zero-order valence-electron chi connectivity index (χ0n) is 11.9. The lowest BCUT2D eigenvalue weighted by molar-refractivity contribution is -0.116. The fraction of sp³-hybridized carbons (Fsp3) is 0.533. The molecule has 3 rings (SSSR count). The first-order chi connectivity index (χ1) is 9.65. The zero-order chi connectivity index (χ0) is 14.1. The minimum absolute atomic E-state index is 0.0843. The van der Waals surface area contributed by atoms with Crippen LogP contribution in [-0.4, -0.2) is 36.1 Å². The Morgan fingerprint density at radius 1 is 1.45 bits per heavy atom. The van der Waals surface area contributed by atoms with Crippen molar-refractivity contribution >= 4 is 29.0 Å². The number of fused-ring (bicyclic) bond motifs is 3. The minimum atomic E-state index is 0.0843. The van der Waals surface area contributed by atoms with Crippen LogP contribution in [0.25, 0.3) is 0 Å². The van der Waals surface area contributed by atoms with E-state index in [1.807, 2.05) is 37.7 Å². The van der Waals surface area contributed by atoms with Crippen molar-refractivity contribution in [3.8, 4) is 5.75 Å². The first-order valence-corrected chi connectivity index (χ1v) is 8.24. The number of carbonyl (C=O) groups excluding carboxylic acids is 1. The number of amides is 1. The number of nitrogens with zero attached hydrogens (tertiary/aromatic N) is 1. The molecule has 0 saturated carbocycles. The molecule has 1 amide bonds. The first-order valence-electron chi connectivity index (χ1n) is 7.09. The first kappa shape index (κ1) is 13.6. The topological polar surface area (TPSA) is 41.6 Å². The molecular formula is C15H20N2O2S. The maximum atomic E-state index is 12.1. The Morgan fingerprint density at radius 3 is 3.10 bits per heavy atom. The second-order valence-electron chi connectivity index (χ2n) is 5.49. The molecule has 0 aliphatic carbocycles. The molecule has 5 heteroatoms. The van der Waals surface area contributed by atoms with Crippen molar-refractivity contribution in [1.29, 1.82) is 0 Å². The van der Waals surface area contributed by atoms with E-state index in [0.717, 1.165) is 35.2 Å². The van der Waals surface area contributed by atoms with Crippen molar-refractivity contribution in [2.45, 2.75) is 32.4 Å². The molecule has 1 aromatic rings. The van der Waals surface area contributed by atoms with E-state index in [4.69, 9.17) is 4.74 Å². The van der Waals surface area contributed by atoms with E-state index >= 15 is 0 Å². The fourth-order valence-corrected chi connectivity index (χ4v) is 3.84. The second kappa shape index (κ2) is 5.56. The maximum absolute atomic E-state index is 12.1. The Bertz CT molecular complexity index is 519. The van der Waals surface area contributed by atoms with Gasteiger partial charge in [0.05, 0.1) is 11.8 Å². The van der Waals surface area contributed by atoms with Gasteiger partial charge in [-0.15, -0.1) is 0 Å². The van der Waals surface area contributed by atoms with Gasteiger partial charge in [-0.3, -0.25) is 4.79 Å². The van der Waals surface area contributed by atoms with Crippen LogP contribution in [0.5, 0.6) is 5.75 Å². The predicted octanol–water partition coefficient (Wildman–Crippen LogP) is 2.74. The van der Waals surface area contributed by atoms with Crippen LogP contribution < -0.4 is 15.0 Å². The number of anilines is 2. The SMILES string of the molecule is CC(C)Oc1cccc2c1NC(=O)CC1CSCCN21. The van der Waals surface area contributed by atoms with E-state index in [1.54, 1.807) is 0 Å². The Morgan fingerprint density at radius 2 is 2.30 bits per heavy atom. The molecule has 2 heterocycles. The summed E-state index contributed by atoms with van der Waals surface area (Å²) in [6.07, 6.45) is 0.650. The van der Waals surface area contributed by atoms with Gasteiger partial charge in [-0.1, -0.05) is 6.07 Å². The smallest absolute Gasteiger partial charge is 0.226 e. The highest BCUT2D eigenvalue weighted by Crippen LogP contribution is 2.40. The van der Waals surface area contributed by atoms with Crippen LogP contribution >= 0.6 is 11.8 Å². The molecule has 2 aliphatic heterocycles. The summed E-state index contributed by atoms with van der Waals surface area (Å²) in [7, 11) is 0. The Hall–Kier alpha value is -1.36. The number of para-hydroxylation sites is 1. The van der Waals surface area contributed by atoms with Crippen LogP contribution in [0.3, 0.4) is 0 Å². The fourth-order valence-electron chi connectivity index (χ4n) is 2.78. The number of carbonyl (C=O) groups is 1. The molecule has 1 saturated heterocycles. The summed E-state index contributed by atoms with van der Waals surface area (Å²) in [5.41, 5.74) is 1.93. The third-order valence-electron chi connectivity index (χ3n) is 3.59. The minimum Gasteiger partial charge on any atom is -0.489 e. The van der Waals surface area contributed by atoms with E-state index in [2.05, 4.69) is 16.3 Å². The molecule has 1 N–H and O–H groups in total. The van der Waals surface area contributed by atoms with Crippen LogP contribution in [0.1, 0.15) is 20.3 Å². The molecule has 0 radical (unpaired) electrons. The summed E-state index contributed by atoms with van der Waals surface area (Å²) in [4.78, 5) is 14.5. The average Bonchev–Trinajstić information content (AvgIpc) is 2.55. The normalized spacial score (nSPS) is 21.9. The van der Waals surface area contributed by atoms with Crippen LogP contribution in [0, 0.1) is 0 Å². The Balaban J connectivity index is 2.03. The van der Waals surface area contributed by atoms with Gasteiger partial charge in [-0.25, -0.2) is 0 Å². The van der Waals surface area contributed by atoms with Crippen molar-refractivity contribution in [3.63, 3.8) is 0 Å². The highest BCUT2D eigenvalue weighted by molar-refractivity contribution is 7.99. The molecule has 4 nitrogen and oxygen atoms in total. The van der Waals surface area contributed by atoms with Gasteiger partial charge in [0.1, 0.15) is 11.4 Å². The lowest BCUT2D eigenvalue weighted by Gasteiger charge is -2.36. The van der Waals surface area contributed by atoms with E-state index in [9.17, 15) is 4.79 Å². The van der Waals surface area contributed by atoms with Gasteiger partial charge < -0.3 is 15.0 Å². The number of hydrogen-bond acceptors (Lipinski definition) is 4. The van der Waals surface area contributed by atoms with Crippen molar-refractivity contribution in [3.05, 3.63) is 18.2 Å². The van der Waals surface area contributed by atoms with Crippen molar-refractivity contribution in [2.24, 2.45) is 0 Å². The van der Waals surface area contributed by atoms with E-state index in [1.165, 1.54) is 0 Å². The monoisotopic (exact) mass is 292 g/mol. The van der Waals surface area contributed by atoms with Gasteiger partial charge in [0.25, 0.3) is 0 Å². The van der Waals surface area contributed by atoms with Gasteiger partial charge in [-0.05, 0) is 26.0 Å². The van der Waals surface area contributed by atoms with Gasteiger partial charge in [0.15, 0.2) is 0 Å². The van der Waals surface area contributed by atoms with E-state index < -0.39 is 0 Å². The number of rotatable bonds is 2. The molecule has 108 valence electrons. The van der Waals surface area contributed by atoms with Crippen LogP contribution in [-0.2, 0) is 4.79 Å². The summed E-state index contributed by atoms with van der Waals surface area (Å²) in [6.45, 7) is 4.99. The number of ether oxygens (including phenoxy) is 1. The third kappa shape index (κ3) is 2.59. The summed E-state index contributed by atoms with van der Waals surface area (Å²) in [6, 6.07) is 6.31. The van der Waals surface area contributed by atoms with Crippen LogP contribution in [0.2, 0.25) is 0 Å². The van der Waals surface area contributed by atoms with Crippen molar-refractivity contribution in [1.82, 2.24) is 0 Å². The van der Waals surface area contributed by atoms with Gasteiger partial charge in [0.2, 0.25) is 5.91 Å².